The van der Waals surface area contributed by atoms with Crippen LogP contribution in [0.25, 0.3) is 0 Å². The number of benzene rings is 1. The van der Waals surface area contributed by atoms with Crippen LogP contribution in [0.4, 0.5) is 27.9 Å². The molecule has 0 spiro atoms. The Morgan fingerprint density at radius 1 is 1.28 bits per heavy atom. The average molecular weight is 416 g/mol. The third-order valence-corrected chi connectivity index (χ3v) is 4.48. The van der Waals surface area contributed by atoms with Crippen LogP contribution in [-0.2, 0) is 6.18 Å². The zero-order valence-corrected chi connectivity index (χ0v) is 15.2. The lowest BCUT2D eigenvalue weighted by atomic mass is 10.0. The van der Waals surface area contributed by atoms with Crippen molar-refractivity contribution in [2.24, 2.45) is 0 Å². The van der Waals surface area contributed by atoms with E-state index in [1.54, 1.807) is 11.8 Å². The number of aromatic amines is 1. The SMILES string of the molecule is Cc1cc(=O)[nH]c(N2CCC(NC(=O)c3cc(C(F)F)cc(C(F)(F)F)c3)C2)n1. The van der Waals surface area contributed by atoms with Gasteiger partial charge in [-0.2, -0.15) is 13.2 Å². The molecule has 29 heavy (non-hydrogen) atoms. The Balaban J connectivity index is 1.75. The summed E-state index contributed by atoms with van der Waals surface area (Å²) >= 11 is 0. The first kappa shape index (κ1) is 20.7. The molecule has 1 aliphatic heterocycles. The Kier molecular flexibility index (Phi) is 5.58. The first-order chi connectivity index (χ1) is 13.5. The quantitative estimate of drug-likeness (QED) is 0.752. The van der Waals surface area contributed by atoms with Crippen LogP contribution in [0.3, 0.4) is 0 Å². The number of aromatic nitrogens is 2. The Morgan fingerprint density at radius 3 is 2.62 bits per heavy atom. The Bertz CT molecular complexity index is 973. The van der Waals surface area contributed by atoms with Crippen molar-refractivity contribution in [3.63, 3.8) is 0 Å². The van der Waals surface area contributed by atoms with Gasteiger partial charge >= 0.3 is 6.18 Å². The normalized spacial score (nSPS) is 17.1. The summed E-state index contributed by atoms with van der Waals surface area (Å²) < 4.78 is 64.8. The van der Waals surface area contributed by atoms with Crippen LogP contribution >= 0.6 is 0 Å². The standard InChI is InChI=1S/C18H17F5N4O2/c1-9-4-14(28)26-17(24-9)27-3-2-13(8-27)25-16(29)11-5-10(15(19)20)6-12(7-11)18(21,22)23/h4-7,13,15H,2-3,8H2,1H3,(H,25,29)(H,24,26,28). The zero-order valence-electron chi connectivity index (χ0n) is 15.2. The Labute approximate surface area is 161 Å². The molecular formula is C18H17F5N4O2. The second kappa shape index (κ2) is 7.80. The lowest BCUT2D eigenvalue weighted by Gasteiger charge is -2.18. The molecule has 1 aromatic carbocycles. The zero-order chi connectivity index (χ0) is 21.3. The number of rotatable bonds is 4. The fourth-order valence-corrected chi connectivity index (χ4v) is 3.12. The number of carbonyl (C=O) groups excluding carboxylic acids is 1. The van der Waals surface area contributed by atoms with Crippen molar-refractivity contribution in [1.29, 1.82) is 0 Å². The molecular weight excluding hydrogens is 399 g/mol. The van der Waals surface area contributed by atoms with E-state index in [4.69, 9.17) is 0 Å². The van der Waals surface area contributed by atoms with E-state index in [9.17, 15) is 31.5 Å². The number of amides is 1. The number of halogens is 5. The van der Waals surface area contributed by atoms with Gasteiger partial charge in [0.15, 0.2) is 0 Å². The number of carbonyl (C=O) groups is 1. The largest absolute Gasteiger partial charge is 0.416 e. The predicted octanol–water partition coefficient (Wildman–Crippen LogP) is 3.04. The van der Waals surface area contributed by atoms with Crippen LogP contribution in [0.15, 0.2) is 29.1 Å². The van der Waals surface area contributed by atoms with Crippen molar-refractivity contribution >= 4 is 11.9 Å². The molecule has 0 saturated carbocycles. The molecule has 1 saturated heterocycles. The van der Waals surface area contributed by atoms with Gasteiger partial charge in [0.2, 0.25) is 5.95 Å². The molecule has 0 aliphatic carbocycles. The van der Waals surface area contributed by atoms with Crippen molar-refractivity contribution in [2.45, 2.75) is 32.0 Å². The molecule has 11 heteroatoms. The smallest absolute Gasteiger partial charge is 0.347 e. The monoisotopic (exact) mass is 416 g/mol. The van der Waals surface area contributed by atoms with Gasteiger partial charge in [-0.25, -0.2) is 13.8 Å². The number of hydrogen-bond acceptors (Lipinski definition) is 4. The fraction of sp³-hybridized carbons (Fsp3) is 0.389. The van der Waals surface area contributed by atoms with Crippen LogP contribution in [-0.4, -0.2) is 35.0 Å². The summed E-state index contributed by atoms with van der Waals surface area (Å²) in [6.45, 7) is 2.36. The summed E-state index contributed by atoms with van der Waals surface area (Å²) in [5.41, 5.74) is -2.49. The summed E-state index contributed by atoms with van der Waals surface area (Å²) in [7, 11) is 0. The highest BCUT2D eigenvalue weighted by Crippen LogP contribution is 2.33. The lowest BCUT2D eigenvalue weighted by molar-refractivity contribution is -0.137. The molecule has 3 rings (SSSR count). The number of alkyl halides is 5. The molecule has 2 heterocycles. The molecule has 6 nitrogen and oxygen atoms in total. The molecule has 2 aromatic rings. The van der Waals surface area contributed by atoms with Crippen LogP contribution in [0.1, 0.15) is 40.0 Å². The molecule has 1 aliphatic rings. The predicted molar refractivity (Wildman–Crippen MR) is 94.1 cm³/mol. The summed E-state index contributed by atoms with van der Waals surface area (Å²) in [5, 5.41) is 2.56. The average Bonchev–Trinajstić information content (AvgIpc) is 3.08. The van der Waals surface area contributed by atoms with E-state index in [-0.39, 0.29) is 12.1 Å². The highest BCUT2D eigenvalue weighted by Gasteiger charge is 2.33. The highest BCUT2D eigenvalue weighted by atomic mass is 19.4. The van der Waals surface area contributed by atoms with E-state index >= 15 is 0 Å². The van der Waals surface area contributed by atoms with Crippen molar-refractivity contribution in [1.82, 2.24) is 15.3 Å². The van der Waals surface area contributed by atoms with E-state index < -0.39 is 41.2 Å². The van der Waals surface area contributed by atoms with Gasteiger partial charge in [-0.15, -0.1) is 0 Å². The van der Waals surface area contributed by atoms with Gasteiger partial charge < -0.3 is 10.2 Å². The van der Waals surface area contributed by atoms with Gasteiger partial charge in [0, 0.05) is 42.0 Å². The number of hydrogen-bond donors (Lipinski definition) is 2. The van der Waals surface area contributed by atoms with Crippen molar-refractivity contribution in [3.8, 4) is 0 Å². The third-order valence-electron chi connectivity index (χ3n) is 4.48. The Hall–Kier alpha value is -2.98. The summed E-state index contributed by atoms with van der Waals surface area (Å²) in [4.78, 5) is 32.5. The van der Waals surface area contributed by atoms with Crippen LogP contribution in [0.5, 0.6) is 0 Å². The number of anilines is 1. The van der Waals surface area contributed by atoms with Crippen molar-refractivity contribution in [2.75, 3.05) is 18.0 Å². The maximum atomic E-state index is 13.0. The molecule has 1 fully saturated rings. The molecule has 1 amide bonds. The van der Waals surface area contributed by atoms with Gasteiger partial charge in [0.1, 0.15) is 0 Å². The minimum atomic E-state index is -4.85. The van der Waals surface area contributed by atoms with Gasteiger partial charge in [0.05, 0.1) is 5.56 Å². The number of nitrogens with zero attached hydrogens (tertiary/aromatic N) is 2. The second-order valence-electron chi connectivity index (χ2n) is 6.76. The summed E-state index contributed by atoms with van der Waals surface area (Å²) in [6, 6.07) is 2.51. The minimum absolute atomic E-state index is 0.263. The molecule has 0 bridgehead atoms. The van der Waals surface area contributed by atoms with E-state index in [1.807, 2.05) is 0 Å². The summed E-state index contributed by atoms with van der Waals surface area (Å²) in [6.07, 6.45) is -7.55. The first-order valence-corrected chi connectivity index (χ1v) is 8.67. The Morgan fingerprint density at radius 2 is 2.00 bits per heavy atom. The third kappa shape index (κ3) is 4.90. The van der Waals surface area contributed by atoms with E-state index in [0.717, 1.165) is 6.07 Å². The molecule has 1 atom stereocenters. The number of H-pyrrole nitrogens is 1. The molecule has 2 N–H and O–H groups in total. The van der Waals surface area contributed by atoms with Crippen LogP contribution in [0, 0.1) is 6.92 Å². The number of aryl methyl sites for hydroxylation is 1. The van der Waals surface area contributed by atoms with Crippen LogP contribution < -0.4 is 15.8 Å². The lowest BCUT2D eigenvalue weighted by Crippen LogP contribution is -2.37. The van der Waals surface area contributed by atoms with Gasteiger partial charge in [0.25, 0.3) is 17.9 Å². The van der Waals surface area contributed by atoms with E-state index in [0.29, 0.717) is 36.7 Å². The molecule has 156 valence electrons. The summed E-state index contributed by atoms with van der Waals surface area (Å²) in [5.74, 6) is -0.554. The second-order valence-corrected chi connectivity index (χ2v) is 6.76. The van der Waals surface area contributed by atoms with Gasteiger partial charge in [-0.05, 0) is 31.5 Å². The maximum absolute atomic E-state index is 13.0. The van der Waals surface area contributed by atoms with Gasteiger partial charge in [-0.3, -0.25) is 14.6 Å². The van der Waals surface area contributed by atoms with E-state index in [1.165, 1.54) is 6.07 Å². The highest BCUT2D eigenvalue weighted by molar-refractivity contribution is 5.95. The van der Waals surface area contributed by atoms with Crippen molar-refractivity contribution < 1.29 is 26.7 Å². The maximum Gasteiger partial charge on any atom is 0.416 e. The van der Waals surface area contributed by atoms with E-state index in [2.05, 4.69) is 15.3 Å². The molecule has 0 radical (unpaired) electrons. The van der Waals surface area contributed by atoms with Crippen molar-refractivity contribution in [3.05, 3.63) is 57.0 Å². The molecule has 1 aromatic heterocycles. The van der Waals surface area contributed by atoms with Gasteiger partial charge in [-0.1, -0.05) is 0 Å². The number of nitrogens with one attached hydrogen (secondary N) is 2. The minimum Gasteiger partial charge on any atom is -0.347 e. The first-order valence-electron chi connectivity index (χ1n) is 8.67. The van der Waals surface area contributed by atoms with Crippen LogP contribution in [0.2, 0.25) is 0 Å². The fourth-order valence-electron chi connectivity index (χ4n) is 3.12. The molecule has 1 unspecified atom stereocenters. The topological polar surface area (TPSA) is 78.1 Å².